The fourth-order valence-corrected chi connectivity index (χ4v) is 4.34. The van der Waals surface area contributed by atoms with Gasteiger partial charge in [0.05, 0.1) is 5.75 Å². The van der Waals surface area contributed by atoms with Gasteiger partial charge in [0.1, 0.15) is 11.9 Å². The number of rotatable bonds is 10. The molecule has 4 nitrogen and oxygen atoms in total. The van der Waals surface area contributed by atoms with Crippen molar-refractivity contribution in [2.45, 2.75) is 45.5 Å². The summed E-state index contributed by atoms with van der Waals surface area (Å²) >= 11 is 7.36. The summed E-state index contributed by atoms with van der Waals surface area (Å²) in [6, 6.07) is 11.9. The molecule has 30 heavy (non-hydrogen) atoms. The highest BCUT2D eigenvalue weighted by Gasteiger charge is 2.28. The maximum absolute atomic E-state index is 14.0. The monoisotopic (exact) mass is 450 g/mol. The van der Waals surface area contributed by atoms with E-state index in [1.165, 1.54) is 17.8 Å². The van der Waals surface area contributed by atoms with Gasteiger partial charge in [0.15, 0.2) is 0 Å². The Bertz CT molecular complexity index is 841. The van der Waals surface area contributed by atoms with Crippen LogP contribution in [0.15, 0.2) is 42.5 Å². The predicted molar refractivity (Wildman–Crippen MR) is 122 cm³/mol. The van der Waals surface area contributed by atoms with Gasteiger partial charge in [-0.15, -0.1) is 11.8 Å². The molecule has 0 heterocycles. The second-order valence-electron chi connectivity index (χ2n) is 7.02. The molecular formula is C23H28ClFN2O2S. The first-order valence-electron chi connectivity index (χ1n) is 10.0. The van der Waals surface area contributed by atoms with Crippen molar-refractivity contribution >= 4 is 35.2 Å². The van der Waals surface area contributed by atoms with E-state index in [1.807, 2.05) is 45.0 Å². The number of halogens is 2. The average Bonchev–Trinajstić information content (AvgIpc) is 2.71. The zero-order valence-electron chi connectivity index (χ0n) is 17.6. The smallest absolute Gasteiger partial charge is 0.242 e. The molecule has 0 aliphatic rings. The molecule has 2 rings (SSSR count). The summed E-state index contributed by atoms with van der Waals surface area (Å²) in [4.78, 5) is 27.3. The Kier molecular flexibility index (Phi) is 9.66. The van der Waals surface area contributed by atoms with E-state index in [0.29, 0.717) is 30.1 Å². The molecule has 2 amide bonds. The van der Waals surface area contributed by atoms with Gasteiger partial charge in [-0.25, -0.2) is 4.39 Å². The molecule has 0 aliphatic heterocycles. The van der Waals surface area contributed by atoms with Crippen LogP contribution in [0.3, 0.4) is 0 Å². The van der Waals surface area contributed by atoms with Crippen molar-refractivity contribution in [1.29, 1.82) is 0 Å². The maximum Gasteiger partial charge on any atom is 0.242 e. The lowest BCUT2D eigenvalue weighted by molar-refractivity contribution is -0.139. The second kappa shape index (κ2) is 12.0. The number of benzene rings is 2. The molecule has 7 heteroatoms. The molecule has 162 valence electrons. The molecule has 1 atom stereocenters. The lowest BCUT2D eigenvalue weighted by Crippen LogP contribution is -2.49. The van der Waals surface area contributed by atoms with E-state index in [-0.39, 0.29) is 29.1 Å². The van der Waals surface area contributed by atoms with Gasteiger partial charge in [0.25, 0.3) is 0 Å². The highest BCUT2D eigenvalue weighted by Crippen LogP contribution is 2.24. The first-order chi connectivity index (χ1) is 14.4. The van der Waals surface area contributed by atoms with Crippen LogP contribution < -0.4 is 5.32 Å². The number of nitrogens with zero attached hydrogens (tertiary/aromatic N) is 1. The van der Waals surface area contributed by atoms with Crippen LogP contribution >= 0.6 is 23.4 Å². The number of carbonyl (C=O) groups excluding carboxylic acids is 2. The quantitative estimate of drug-likeness (QED) is 0.556. The molecular weight excluding hydrogens is 423 g/mol. The first-order valence-corrected chi connectivity index (χ1v) is 11.5. The molecule has 0 radical (unpaired) electrons. The molecule has 0 bridgehead atoms. The number of likely N-dealkylation sites (N-methyl/N-ethyl adjacent to an activating group) is 1. The van der Waals surface area contributed by atoms with Crippen molar-refractivity contribution in [1.82, 2.24) is 10.2 Å². The lowest BCUT2D eigenvalue weighted by atomic mass is 10.1. The van der Waals surface area contributed by atoms with Gasteiger partial charge < -0.3 is 10.2 Å². The zero-order valence-corrected chi connectivity index (χ0v) is 19.2. The van der Waals surface area contributed by atoms with Gasteiger partial charge in [-0.05, 0) is 38.0 Å². The van der Waals surface area contributed by atoms with Gasteiger partial charge in [-0.2, -0.15) is 0 Å². The summed E-state index contributed by atoms with van der Waals surface area (Å²) in [5, 5.41) is 3.16. The summed E-state index contributed by atoms with van der Waals surface area (Å²) in [7, 11) is 0. The molecule has 0 spiro atoms. The minimum Gasteiger partial charge on any atom is -0.355 e. The third-order valence-electron chi connectivity index (χ3n) is 4.74. The third kappa shape index (κ3) is 6.74. The summed E-state index contributed by atoms with van der Waals surface area (Å²) in [6.45, 7) is 6.59. The standard InChI is InChI=1S/C23H28ClFN2O2S/c1-4-21(23(29)26-5-2)27(13-17-11-9-16(3)10-12-17)22(28)15-30-14-18-19(24)7-6-8-20(18)25/h6-12,21H,4-5,13-15H2,1-3H3,(H,26,29)/t21-/m0/s1. The Morgan fingerprint density at radius 3 is 2.47 bits per heavy atom. The number of hydrogen-bond acceptors (Lipinski definition) is 3. The van der Waals surface area contributed by atoms with Crippen LogP contribution in [0.25, 0.3) is 0 Å². The Balaban J connectivity index is 2.14. The summed E-state index contributed by atoms with van der Waals surface area (Å²) in [5.74, 6) is -0.290. The molecule has 0 unspecified atom stereocenters. The van der Waals surface area contributed by atoms with E-state index in [1.54, 1.807) is 17.0 Å². The van der Waals surface area contributed by atoms with Crippen LogP contribution in [0.2, 0.25) is 5.02 Å². The molecule has 2 aromatic carbocycles. The molecule has 2 aromatic rings. The van der Waals surface area contributed by atoms with Crippen molar-refractivity contribution < 1.29 is 14.0 Å². The van der Waals surface area contributed by atoms with E-state index < -0.39 is 6.04 Å². The minimum absolute atomic E-state index is 0.131. The lowest BCUT2D eigenvalue weighted by Gasteiger charge is -2.30. The van der Waals surface area contributed by atoms with Crippen molar-refractivity contribution in [2.75, 3.05) is 12.3 Å². The Labute approximate surface area is 187 Å². The second-order valence-corrected chi connectivity index (χ2v) is 8.41. The normalized spacial score (nSPS) is 11.8. The molecule has 0 fully saturated rings. The number of nitrogens with one attached hydrogen (secondary N) is 1. The van der Waals surface area contributed by atoms with Gasteiger partial charge >= 0.3 is 0 Å². The number of carbonyl (C=O) groups is 2. The first kappa shape index (κ1) is 24.2. The van der Waals surface area contributed by atoms with Crippen LogP contribution in [0.1, 0.15) is 37.0 Å². The van der Waals surface area contributed by atoms with Crippen LogP contribution in [-0.2, 0) is 21.9 Å². The van der Waals surface area contributed by atoms with Crippen molar-refractivity contribution in [3.05, 3.63) is 70.0 Å². The van der Waals surface area contributed by atoms with Crippen molar-refractivity contribution in [2.24, 2.45) is 0 Å². The maximum atomic E-state index is 14.0. The summed E-state index contributed by atoms with van der Waals surface area (Å²) in [5.41, 5.74) is 2.47. The highest BCUT2D eigenvalue weighted by molar-refractivity contribution is 7.99. The van der Waals surface area contributed by atoms with Crippen molar-refractivity contribution in [3.8, 4) is 0 Å². The van der Waals surface area contributed by atoms with Crippen LogP contribution in [0.4, 0.5) is 4.39 Å². The largest absolute Gasteiger partial charge is 0.355 e. The van der Waals surface area contributed by atoms with E-state index in [9.17, 15) is 14.0 Å². The number of hydrogen-bond donors (Lipinski definition) is 1. The predicted octanol–water partition coefficient (Wildman–Crippen LogP) is 4.96. The van der Waals surface area contributed by atoms with Crippen LogP contribution in [-0.4, -0.2) is 35.1 Å². The number of aryl methyl sites for hydroxylation is 1. The number of amides is 2. The van der Waals surface area contributed by atoms with Crippen LogP contribution in [0.5, 0.6) is 0 Å². The van der Waals surface area contributed by atoms with Crippen LogP contribution in [0, 0.1) is 12.7 Å². The third-order valence-corrected chi connectivity index (χ3v) is 6.04. The van der Waals surface area contributed by atoms with E-state index >= 15 is 0 Å². The highest BCUT2D eigenvalue weighted by atomic mass is 35.5. The Morgan fingerprint density at radius 1 is 1.17 bits per heavy atom. The van der Waals surface area contributed by atoms with E-state index in [4.69, 9.17) is 11.6 Å². The number of thioether (sulfide) groups is 1. The summed E-state index contributed by atoms with van der Waals surface area (Å²) in [6.07, 6.45) is 0.507. The molecule has 1 N–H and O–H groups in total. The van der Waals surface area contributed by atoms with Gasteiger partial charge in [0.2, 0.25) is 11.8 Å². The van der Waals surface area contributed by atoms with E-state index in [0.717, 1.165) is 11.1 Å². The fraction of sp³-hybridized carbons (Fsp3) is 0.391. The SMILES string of the molecule is CCNC(=O)[C@H](CC)N(Cc1ccc(C)cc1)C(=O)CSCc1c(F)cccc1Cl. The topological polar surface area (TPSA) is 49.4 Å². The molecule has 0 saturated carbocycles. The summed E-state index contributed by atoms with van der Waals surface area (Å²) < 4.78 is 14.0. The van der Waals surface area contributed by atoms with Gasteiger partial charge in [-0.3, -0.25) is 9.59 Å². The Morgan fingerprint density at radius 2 is 1.87 bits per heavy atom. The van der Waals surface area contributed by atoms with Gasteiger partial charge in [0, 0.05) is 29.4 Å². The molecule has 0 aromatic heterocycles. The van der Waals surface area contributed by atoms with E-state index in [2.05, 4.69) is 5.32 Å². The Hall–Kier alpha value is -2.05. The van der Waals surface area contributed by atoms with Crippen molar-refractivity contribution in [3.63, 3.8) is 0 Å². The van der Waals surface area contributed by atoms with Gasteiger partial charge in [-0.1, -0.05) is 54.4 Å². The fourth-order valence-electron chi connectivity index (χ4n) is 3.10. The molecule has 0 aliphatic carbocycles. The average molecular weight is 451 g/mol. The molecule has 0 saturated heterocycles. The zero-order chi connectivity index (χ0) is 22.1. The minimum atomic E-state index is -0.559.